The normalized spacial score (nSPS) is 31.9. The van der Waals surface area contributed by atoms with Crippen LogP contribution >= 0.6 is 0 Å². The third kappa shape index (κ3) is 4.08. The van der Waals surface area contributed by atoms with Gasteiger partial charge < -0.3 is 4.74 Å². The molecule has 1 aromatic rings. The molecule has 0 amide bonds. The standard InChI is InChI=1S/C22H33NO2/c1-4-5-11-17-13-21-19(15-22(24)25-3)18(14-20(17)23(21)2)12-16-9-7-6-8-10-16/h6-10,17-21H,4-5,11-15H2,1-3H3/t17-,18-,19-,20?,21?/m0/s1. The van der Waals surface area contributed by atoms with Gasteiger partial charge in [-0.1, -0.05) is 50.1 Å². The summed E-state index contributed by atoms with van der Waals surface area (Å²) in [7, 11) is 3.80. The highest BCUT2D eigenvalue weighted by Gasteiger charge is 2.50. The summed E-state index contributed by atoms with van der Waals surface area (Å²) in [6.45, 7) is 2.28. The van der Waals surface area contributed by atoms with Crippen LogP contribution in [0.2, 0.25) is 0 Å². The number of ether oxygens (including phenoxy) is 1. The van der Waals surface area contributed by atoms with E-state index in [1.165, 1.54) is 44.8 Å². The van der Waals surface area contributed by atoms with E-state index in [0.717, 1.165) is 12.3 Å². The number of unbranched alkanes of at least 4 members (excludes halogenated alkanes) is 1. The second-order valence-electron chi connectivity index (χ2n) is 8.07. The highest BCUT2D eigenvalue weighted by atomic mass is 16.5. The molecule has 25 heavy (non-hydrogen) atoms. The van der Waals surface area contributed by atoms with Crippen LogP contribution in [-0.2, 0) is 16.0 Å². The summed E-state index contributed by atoms with van der Waals surface area (Å²) in [5.41, 5.74) is 1.40. The topological polar surface area (TPSA) is 29.5 Å². The van der Waals surface area contributed by atoms with E-state index in [1.807, 2.05) is 0 Å². The first kappa shape index (κ1) is 18.4. The Labute approximate surface area is 152 Å². The zero-order valence-electron chi connectivity index (χ0n) is 16.0. The lowest BCUT2D eigenvalue weighted by Crippen LogP contribution is -2.48. The second-order valence-corrected chi connectivity index (χ2v) is 8.07. The van der Waals surface area contributed by atoms with E-state index in [1.54, 1.807) is 0 Å². The van der Waals surface area contributed by atoms with Crippen molar-refractivity contribution in [1.29, 1.82) is 0 Å². The van der Waals surface area contributed by atoms with Crippen molar-refractivity contribution < 1.29 is 9.53 Å². The average molecular weight is 344 g/mol. The highest BCUT2D eigenvalue weighted by molar-refractivity contribution is 5.69. The molecule has 0 aliphatic carbocycles. The minimum absolute atomic E-state index is 0.0491. The third-order valence-electron chi connectivity index (χ3n) is 6.68. The van der Waals surface area contributed by atoms with Gasteiger partial charge in [0.1, 0.15) is 0 Å². The minimum Gasteiger partial charge on any atom is -0.469 e. The van der Waals surface area contributed by atoms with Crippen molar-refractivity contribution in [1.82, 2.24) is 4.90 Å². The molecule has 3 nitrogen and oxygen atoms in total. The SMILES string of the molecule is CCCC[C@H]1CC2[C@@H](CC(=O)OC)[C@@H](Cc3ccccc3)CC1N2C. The Balaban J connectivity index is 1.78. The largest absolute Gasteiger partial charge is 0.469 e. The van der Waals surface area contributed by atoms with Gasteiger partial charge in [0.2, 0.25) is 0 Å². The van der Waals surface area contributed by atoms with Gasteiger partial charge in [0.15, 0.2) is 0 Å². The molecule has 2 bridgehead atoms. The molecule has 2 saturated heterocycles. The van der Waals surface area contributed by atoms with Crippen molar-refractivity contribution >= 4 is 5.97 Å². The molecule has 3 heteroatoms. The number of fused-ring (bicyclic) bond motifs is 2. The molecule has 3 rings (SSSR count). The smallest absolute Gasteiger partial charge is 0.305 e. The Morgan fingerprint density at radius 2 is 1.88 bits per heavy atom. The molecule has 0 radical (unpaired) electrons. The molecule has 1 aromatic carbocycles. The van der Waals surface area contributed by atoms with Gasteiger partial charge in [-0.25, -0.2) is 0 Å². The lowest BCUT2D eigenvalue weighted by atomic mass is 9.75. The number of methoxy groups -OCH3 is 1. The van der Waals surface area contributed by atoms with Crippen LogP contribution in [0.3, 0.4) is 0 Å². The maximum Gasteiger partial charge on any atom is 0.305 e. The molecule has 0 saturated carbocycles. The predicted octanol–water partition coefficient (Wildman–Crippen LogP) is 4.31. The van der Waals surface area contributed by atoms with Crippen molar-refractivity contribution in [2.45, 2.75) is 64.0 Å². The number of esters is 1. The third-order valence-corrected chi connectivity index (χ3v) is 6.68. The van der Waals surface area contributed by atoms with Crippen molar-refractivity contribution in [3.05, 3.63) is 35.9 Å². The molecule has 2 aliphatic heterocycles. The van der Waals surface area contributed by atoms with E-state index >= 15 is 0 Å². The first-order valence-corrected chi connectivity index (χ1v) is 9.96. The van der Waals surface area contributed by atoms with Gasteiger partial charge in [-0.2, -0.15) is 0 Å². The Hall–Kier alpha value is -1.35. The van der Waals surface area contributed by atoms with Gasteiger partial charge in [0.25, 0.3) is 0 Å². The minimum atomic E-state index is -0.0491. The Morgan fingerprint density at radius 3 is 2.56 bits per heavy atom. The zero-order valence-corrected chi connectivity index (χ0v) is 16.0. The number of piperidine rings is 1. The first-order valence-electron chi connectivity index (χ1n) is 9.96. The summed E-state index contributed by atoms with van der Waals surface area (Å²) in [5, 5.41) is 0. The van der Waals surface area contributed by atoms with Gasteiger partial charge in [-0.15, -0.1) is 0 Å². The van der Waals surface area contributed by atoms with Crippen LogP contribution in [0.4, 0.5) is 0 Å². The van der Waals surface area contributed by atoms with Gasteiger partial charge >= 0.3 is 5.97 Å². The summed E-state index contributed by atoms with van der Waals surface area (Å²) in [6, 6.07) is 12.0. The Kier molecular flexibility index (Phi) is 6.16. The molecule has 2 unspecified atom stereocenters. The molecule has 138 valence electrons. The second kappa shape index (κ2) is 8.35. The summed E-state index contributed by atoms with van der Waals surface area (Å²) in [6.07, 6.45) is 8.07. The number of carbonyl (C=O) groups is 1. The van der Waals surface area contributed by atoms with E-state index in [0.29, 0.717) is 30.3 Å². The average Bonchev–Trinajstić information content (AvgIpc) is 2.84. The van der Waals surface area contributed by atoms with E-state index in [9.17, 15) is 4.79 Å². The van der Waals surface area contributed by atoms with Crippen molar-refractivity contribution in [3.8, 4) is 0 Å². The van der Waals surface area contributed by atoms with Crippen molar-refractivity contribution in [2.75, 3.05) is 14.2 Å². The van der Waals surface area contributed by atoms with E-state index in [4.69, 9.17) is 4.74 Å². The van der Waals surface area contributed by atoms with Crippen LogP contribution in [0.25, 0.3) is 0 Å². The quantitative estimate of drug-likeness (QED) is 0.691. The summed E-state index contributed by atoms with van der Waals surface area (Å²) >= 11 is 0. The summed E-state index contributed by atoms with van der Waals surface area (Å²) in [5.74, 6) is 1.75. The first-order chi connectivity index (χ1) is 12.1. The fourth-order valence-corrected chi connectivity index (χ4v) is 5.35. The van der Waals surface area contributed by atoms with E-state index in [2.05, 4.69) is 49.2 Å². The molecule has 0 aromatic heterocycles. The number of nitrogens with zero attached hydrogens (tertiary/aromatic N) is 1. The van der Waals surface area contributed by atoms with E-state index in [-0.39, 0.29) is 5.97 Å². The molecular weight excluding hydrogens is 310 g/mol. The lowest BCUT2D eigenvalue weighted by molar-refractivity contribution is -0.143. The molecule has 2 fully saturated rings. The van der Waals surface area contributed by atoms with E-state index < -0.39 is 0 Å². The molecule has 5 atom stereocenters. The van der Waals surface area contributed by atoms with Crippen LogP contribution in [0.1, 0.15) is 51.0 Å². The zero-order chi connectivity index (χ0) is 17.8. The number of hydrogen-bond donors (Lipinski definition) is 0. The summed E-state index contributed by atoms with van der Waals surface area (Å²) in [4.78, 5) is 14.7. The van der Waals surface area contributed by atoms with Crippen molar-refractivity contribution in [2.24, 2.45) is 17.8 Å². The Bertz CT molecular complexity index is 558. The van der Waals surface area contributed by atoms with Gasteiger partial charge in [0, 0.05) is 12.1 Å². The predicted molar refractivity (Wildman–Crippen MR) is 101 cm³/mol. The lowest BCUT2D eigenvalue weighted by Gasteiger charge is -2.43. The highest BCUT2D eigenvalue weighted by Crippen LogP contribution is 2.48. The van der Waals surface area contributed by atoms with Crippen LogP contribution in [0.5, 0.6) is 0 Å². The maximum atomic E-state index is 12.1. The number of carbonyl (C=O) groups excluding carboxylic acids is 1. The monoisotopic (exact) mass is 343 g/mol. The van der Waals surface area contributed by atoms with Crippen LogP contribution in [0, 0.1) is 17.8 Å². The van der Waals surface area contributed by atoms with Crippen LogP contribution < -0.4 is 0 Å². The van der Waals surface area contributed by atoms with Crippen LogP contribution in [0.15, 0.2) is 30.3 Å². The molecular formula is C22H33NO2. The van der Waals surface area contributed by atoms with Crippen molar-refractivity contribution in [3.63, 3.8) is 0 Å². The molecule has 2 heterocycles. The van der Waals surface area contributed by atoms with Gasteiger partial charge in [-0.05, 0) is 56.0 Å². The fraction of sp³-hybridized carbons (Fsp3) is 0.682. The van der Waals surface area contributed by atoms with Crippen LogP contribution in [-0.4, -0.2) is 37.1 Å². The number of hydrogen-bond acceptors (Lipinski definition) is 3. The molecule has 0 spiro atoms. The van der Waals surface area contributed by atoms with Gasteiger partial charge in [0.05, 0.1) is 13.5 Å². The molecule has 2 aliphatic rings. The molecule has 0 N–H and O–H groups in total. The summed E-state index contributed by atoms with van der Waals surface area (Å²) < 4.78 is 5.03. The number of benzene rings is 1. The fourth-order valence-electron chi connectivity index (χ4n) is 5.35. The Morgan fingerprint density at radius 1 is 1.16 bits per heavy atom. The maximum absolute atomic E-state index is 12.1. The van der Waals surface area contributed by atoms with Gasteiger partial charge in [-0.3, -0.25) is 9.69 Å². The number of rotatable bonds is 7.